The molecule has 11 rings (SSSR count). The van der Waals surface area contributed by atoms with Crippen molar-refractivity contribution in [2.45, 2.75) is 5.41 Å². The zero-order valence-electron chi connectivity index (χ0n) is 31.3. The number of hydrogen-bond acceptors (Lipinski definition) is 2. The molecule has 0 saturated heterocycles. The van der Waals surface area contributed by atoms with E-state index in [4.69, 9.17) is 0 Å². The van der Waals surface area contributed by atoms with Crippen molar-refractivity contribution in [3.63, 3.8) is 0 Å². The third kappa shape index (κ3) is 5.11. The zero-order valence-corrected chi connectivity index (χ0v) is 31.3. The van der Waals surface area contributed by atoms with Crippen molar-refractivity contribution in [2.24, 2.45) is 0 Å². The number of nitrogens with zero attached hydrogens (tertiary/aromatic N) is 2. The van der Waals surface area contributed by atoms with Crippen LogP contribution in [-0.4, -0.2) is 0 Å². The van der Waals surface area contributed by atoms with E-state index in [0.717, 1.165) is 34.1 Å². The highest BCUT2D eigenvalue weighted by molar-refractivity contribution is 6.00. The van der Waals surface area contributed by atoms with Crippen LogP contribution in [0.15, 0.2) is 231 Å². The first-order chi connectivity index (χ1) is 28.3. The van der Waals surface area contributed by atoms with Crippen LogP contribution in [-0.2, 0) is 5.41 Å². The molecule has 2 nitrogen and oxygen atoms in total. The van der Waals surface area contributed by atoms with Gasteiger partial charge in [-0.3, -0.25) is 0 Å². The normalized spacial score (nSPS) is 14.4. The molecule has 0 aromatic heterocycles. The summed E-state index contributed by atoms with van der Waals surface area (Å²) in [5.74, 6) is 0. The van der Waals surface area contributed by atoms with E-state index in [9.17, 15) is 0 Å². The summed E-state index contributed by atoms with van der Waals surface area (Å²) < 4.78 is 0. The molecule has 2 aliphatic rings. The van der Waals surface area contributed by atoms with Crippen LogP contribution in [0.5, 0.6) is 0 Å². The molecule has 0 amide bonds. The van der Waals surface area contributed by atoms with Crippen LogP contribution in [0, 0.1) is 0 Å². The standard InChI is InChI=1S/C55H38N2/c1-6-20-39(21-7-1)48-37-49-46-31-17-19-33-51(46)55(53(49)38-54(48)57(42-26-12-4-13-27-42)43-28-14-5-15-29-43)50-32-18-16-30-45(50)47-35-34-44(36-52(47)55)56(40-22-8-2-9-23-40)41-24-10-3-11-25-41/h1-38H. The molecular weight excluding hydrogens is 689 g/mol. The number of rotatable bonds is 7. The first kappa shape index (κ1) is 33.0. The topological polar surface area (TPSA) is 6.48 Å². The van der Waals surface area contributed by atoms with Gasteiger partial charge >= 0.3 is 0 Å². The van der Waals surface area contributed by atoms with Crippen LogP contribution in [0.3, 0.4) is 0 Å². The molecule has 0 fully saturated rings. The van der Waals surface area contributed by atoms with E-state index in [1.54, 1.807) is 0 Å². The lowest BCUT2D eigenvalue weighted by Crippen LogP contribution is -2.26. The summed E-state index contributed by atoms with van der Waals surface area (Å²) >= 11 is 0. The quantitative estimate of drug-likeness (QED) is 0.161. The summed E-state index contributed by atoms with van der Waals surface area (Å²) in [6.07, 6.45) is 0. The lowest BCUT2D eigenvalue weighted by molar-refractivity contribution is 0.793. The second-order valence-electron chi connectivity index (χ2n) is 14.9. The maximum atomic E-state index is 2.52. The van der Waals surface area contributed by atoms with Crippen molar-refractivity contribution >= 4 is 34.1 Å². The summed E-state index contributed by atoms with van der Waals surface area (Å²) in [5.41, 5.74) is 18.9. The second-order valence-corrected chi connectivity index (χ2v) is 14.9. The van der Waals surface area contributed by atoms with E-state index >= 15 is 0 Å². The summed E-state index contributed by atoms with van der Waals surface area (Å²) in [6, 6.07) is 84.2. The third-order valence-electron chi connectivity index (χ3n) is 11.8. The molecule has 0 N–H and O–H groups in total. The van der Waals surface area contributed by atoms with Crippen molar-refractivity contribution < 1.29 is 0 Å². The molecule has 0 radical (unpaired) electrons. The molecular formula is C55H38N2. The molecule has 268 valence electrons. The van der Waals surface area contributed by atoms with E-state index < -0.39 is 5.41 Å². The molecule has 2 aliphatic carbocycles. The minimum absolute atomic E-state index is 0.560. The molecule has 2 heteroatoms. The highest BCUT2D eigenvalue weighted by Crippen LogP contribution is 2.64. The Morgan fingerprint density at radius 3 is 1.18 bits per heavy atom. The Morgan fingerprint density at radius 2 is 0.649 bits per heavy atom. The van der Waals surface area contributed by atoms with Gasteiger partial charge in [0, 0.05) is 34.0 Å². The number of anilines is 6. The lowest BCUT2D eigenvalue weighted by atomic mass is 9.70. The highest BCUT2D eigenvalue weighted by Gasteiger charge is 2.52. The molecule has 0 bridgehead atoms. The maximum Gasteiger partial charge on any atom is 0.0727 e. The van der Waals surface area contributed by atoms with Crippen LogP contribution in [0.2, 0.25) is 0 Å². The van der Waals surface area contributed by atoms with Crippen LogP contribution in [0.1, 0.15) is 22.3 Å². The minimum atomic E-state index is -0.560. The number of fused-ring (bicyclic) bond motifs is 10. The van der Waals surface area contributed by atoms with Gasteiger partial charge in [0.1, 0.15) is 0 Å². The Balaban J connectivity index is 1.24. The molecule has 0 aliphatic heterocycles. The summed E-state index contributed by atoms with van der Waals surface area (Å²) in [5, 5.41) is 0. The Morgan fingerprint density at radius 1 is 0.246 bits per heavy atom. The van der Waals surface area contributed by atoms with E-state index in [1.165, 1.54) is 55.6 Å². The van der Waals surface area contributed by atoms with Crippen LogP contribution >= 0.6 is 0 Å². The van der Waals surface area contributed by atoms with Gasteiger partial charge < -0.3 is 9.80 Å². The Hall–Kier alpha value is -7.42. The predicted molar refractivity (Wildman–Crippen MR) is 238 cm³/mol. The van der Waals surface area contributed by atoms with Crippen molar-refractivity contribution in [2.75, 3.05) is 9.80 Å². The average Bonchev–Trinajstić information content (AvgIpc) is 3.74. The maximum absolute atomic E-state index is 2.52. The van der Waals surface area contributed by atoms with Gasteiger partial charge in [0.2, 0.25) is 0 Å². The Kier molecular flexibility index (Phi) is 7.75. The largest absolute Gasteiger partial charge is 0.310 e. The molecule has 9 aromatic rings. The average molecular weight is 727 g/mol. The van der Waals surface area contributed by atoms with Gasteiger partial charge in [-0.2, -0.15) is 0 Å². The summed E-state index contributed by atoms with van der Waals surface area (Å²) in [4.78, 5) is 4.82. The zero-order chi connectivity index (χ0) is 37.8. The van der Waals surface area contributed by atoms with Crippen molar-refractivity contribution in [1.29, 1.82) is 0 Å². The summed E-state index contributed by atoms with van der Waals surface area (Å²) in [6.45, 7) is 0. The first-order valence-corrected chi connectivity index (χ1v) is 19.7. The van der Waals surface area contributed by atoms with Crippen LogP contribution in [0.25, 0.3) is 33.4 Å². The fourth-order valence-corrected chi connectivity index (χ4v) is 9.51. The molecule has 57 heavy (non-hydrogen) atoms. The fourth-order valence-electron chi connectivity index (χ4n) is 9.51. The van der Waals surface area contributed by atoms with E-state index in [2.05, 4.69) is 240 Å². The van der Waals surface area contributed by atoms with E-state index in [-0.39, 0.29) is 0 Å². The van der Waals surface area contributed by atoms with E-state index in [0.29, 0.717) is 0 Å². The number of para-hydroxylation sites is 4. The van der Waals surface area contributed by atoms with Gasteiger partial charge in [0.05, 0.1) is 11.1 Å². The number of hydrogen-bond donors (Lipinski definition) is 0. The Bertz CT molecular complexity index is 2810. The van der Waals surface area contributed by atoms with Crippen LogP contribution < -0.4 is 9.80 Å². The van der Waals surface area contributed by atoms with Gasteiger partial charge in [0.15, 0.2) is 0 Å². The predicted octanol–water partition coefficient (Wildman–Crippen LogP) is 14.6. The van der Waals surface area contributed by atoms with Gasteiger partial charge in [-0.05, 0) is 123 Å². The van der Waals surface area contributed by atoms with E-state index in [1.807, 2.05) is 0 Å². The molecule has 0 saturated carbocycles. The van der Waals surface area contributed by atoms with Crippen LogP contribution in [0.4, 0.5) is 34.1 Å². The van der Waals surface area contributed by atoms with Gasteiger partial charge in [-0.15, -0.1) is 0 Å². The first-order valence-electron chi connectivity index (χ1n) is 19.7. The number of benzene rings is 9. The smallest absolute Gasteiger partial charge is 0.0727 e. The highest BCUT2D eigenvalue weighted by atomic mass is 15.1. The Labute approximate surface area is 334 Å². The van der Waals surface area contributed by atoms with Crippen molar-refractivity contribution in [3.8, 4) is 33.4 Å². The third-order valence-corrected chi connectivity index (χ3v) is 11.8. The van der Waals surface area contributed by atoms with Gasteiger partial charge in [-0.25, -0.2) is 0 Å². The molecule has 1 unspecified atom stereocenters. The second kappa shape index (κ2) is 13.4. The lowest BCUT2D eigenvalue weighted by Gasteiger charge is -2.34. The monoisotopic (exact) mass is 726 g/mol. The molecule has 0 heterocycles. The summed E-state index contributed by atoms with van der Waals surface area (Å²) in [7, 11) is 0. The van der Waals surface area contributed by atoms with Gasteiger partial charge in [-0.1, -0.05) is 158 Å². The van der Waals surface area contributed by atoms with Crippen molar-refractivity contribution in [3.05, 3.63) is 253 Å². The molecule has 9 aromatic carbocycles. The SMILES string of the molecule is c1ccc(-c2cc3c(cc2N(c2ccccc2)c2ccccc2)C2(c4ccccc4-c4ccc(N(c5ccccc5)c5ccccc5)cc42)c2ccccc2-3)cc1. The van der Waals surface area contributed by atoms with Crippen molar-refractivity contribution in [1.82, 2.24) is 0 Å². The fraction of sp³-hybridized carbons (Fsp3) is 0.0182. The molecule has 1 atom stereocenters. The minimum Gasteiger partial charge on any atom is -0.310 e. The molecule has 1 spiro atoms. The van der Waals surface area contributed by atoms with Gasteiger partial charge in [0.25, 0.3) is 0 Å².